The van der Waals surface area contributed by atoms with E-state index in [9.17, 15) is 4.79 Å². The third kappa shape index (κ3) is 4.99. The highest BCUT2D eigenvalue weighted by atomic mass is 35.5. The van der Waals surface area contributed by atoms with Crippen LogP contribution in [-0.4, -0.2) is 42.6 Å². The van der Waals surface area contributed by atoms with Crippen LogP contribution in [0.1, 0.15) is 25.8 Å². The van der Waals surface area contributed by atoms with Gasteiger partial charge in [0.15, 0.2) is 0 Å². The molecule has 1 fully saturated rings. The highest BCUT2D eigenvalue weighted by Gasteiger charge is 2.23. The number of amides is 1. The molecule has 116 valence electrons. The second kappa shape index (κ2) is 7.78. The number of benzene rings is 1. The van der Waals surface area contributed by atoms with E-state index in [2.05, 4.69) is 5.32 Å². The van der Waals surface area contributed by atoms with Crippen LogP contribution in [0.15, 0.2) is 24.3 Å². The summed E-state index contributed by atoms with van der Waals surface area (Å²) in [6.45, 7) is 6.80. The van der Waals surface area contributed by atoms with E-state index in [1.54, 1.807) is 0 Å². The predicted octanol–water partition coefficient (Wildman–Crippen LogP) is 2.46. The van der Waals surface area contributed by atoms with Crippen LogP contribution in [0.2, 0.25) is 5.02 Å². The highest BCUT2D eigenvalue weighted by Crippen LogP contribution is 2.15. The number of carbonyl (C=O) groups is 1. The van der Waals surface area contributed by atoms with Crippen molar-refractivity contribution in [1.82, 2.24) is 10.2 Å². The topological polar surface area (TPSA) is 41.6 Å². The van der Waals surface area contributed by atoms with Gasteiger partial charge in [0.1, 0.15) is 0 Å². The lowest BCUT2D eigenvalue weighted by molar-refractivity contribution is -0.134. The number of nitrogens with one attached hydrogen (secondary N) is 1. The quantitative estimate of drug-likeness (QED) is 0.908. The van der Waals surface area contributed by atoms with E-state index in [1.807, 2.05) is 43.0 Å². The molecular weight excluding hydrogens is 288 g/mol. The van der Waals surface area contributed by atoms with E-state index in [0.29, 0.717) is 24.6 Å². The summed E-state index contributed by atoms with van der Waals surface area (Å²) in [4.78, 5) is 14.4. The summed E-state index contributed by atoms with van der Waals surface area (Å²) in [6, 6.07) is 7.93. The minimum Gasteiger partial charge on any atom is -0.378 e. The number of nitrogens with zero attached hydrogens (tertiary/aromatic N) is 1. The van der Waals surface area contributed by atoms with E-state index < -0.39 is 0 Å². The fraction of sp³-hybridized carbons (Fsp3) is 0.562. The highest BCUT2D eigenvalue weighted by molar-refractivity contribution is 6.30. The first-order chi connectivity index (χ1) is 10.1. The minimum atomic E-state index is 0.117. The molecule has 21 heavy (non-hydrogen) atoms. The zero-order chi connectivity index (χ0) is 15.2. The van der Waals surface area contributed by atoms with Gasteiger partial charge in [0.2, 0.25) is 5.91 Å². The maximum Gasteiger partial charge on any atom is 0.224 e. The first-order valence-corrected chi connectivity index (χ1v) is 7.79. The Morgan fingerprint density at radius 1 is 1.52 bits per heavy atom. The van der Waals surface area contributed by atoms with Crippen molar-refractivity contribution in [3.63, 3.8) is 0 Å². The van der Waals surface area contributed by atoms with Crippen LogP contribution in [0, 0.1) is 0 Å². The molecule has 1 aromatic carbocycles. The van der Waals surface area contributed by atoms with Crippen molar-refractivity contribution >= 4 is 17.5 Å². The van der Waals surface area contributed by atoms with Crippen LogP contribution >= 0.6 is 11.6 Å². The van der Waals surface area contributed by atoms with Crippen molar-refractivity contribution in [3.05, 3.63) is 34.9 Å². The Balaban J connectivity index is 1.98. The molecular formula is C16H23ClN2O2. The molecule has 1 atom stereocenters. The van der Waals surface area contributed by atoms with E-state index in [1.165, 1.54) is 0 Å². The standard InChI is InChI=1S/C16H23ClN2O2/c1-12(2)19(10-13-4-3-5-14(17)8-13)16(20)9-15-11-21-7-6-18-15/h3-5,8,12,15,18H,6-7,9-11H2,1-2H3. The minimum absolute atomic E-state index is 0.117. The second-order valence-corrected chi connectivity index (χ2v) is 6.11. The molecule has 4 nitrogen and oxygen atoms in total. The van der Waals surface area contributed by atoms with Crippen molar-refractivity contribution < 1.29 is 9.53 Å². The Morgan fingerprint density at radius 2 is 2.33 bits per heavy atom. The lowest BCUT2D eigenvalue weighted by Gasteiger charge is -2.30. The molecule has 0 spiro atoms. The Labute approximate surface area is 131 Å². The number of hydrogen-bond donors (Lipinski definition) is 1. The largest absolute Gasteiger partial charge is 0.378 e. The summed E-state index contributed by atoms with van der Waals surface area (Å²) < 4.78 is 5.41. The smallest absolute Gasteiger partial charge is 0.224 e. The summed E-state index contributed by atoms with van der Waals surface area (Å²) in [5.74, 6) is 0.146. The lowest BCUT2D eigenvalue weighted by Crippen LogP contribution is -2.46. The summed E-state index contributed by atoms with van der Waals surface area (Å²) in [7, 11) is 0. The SMILES string of the molecule is CC(C)N(Cc1cccc(Cl)c1)C(=O)CC1COCCN1. The molecule has 0 radical (unpaired) electrons. The third-order valence-electron chi connectivity index (χ3n) is 3.61. The number of ether oxygens (including phenoxy) is 1. The summed E-state index contributed by atoms with van der Waals surface area (Å²) in [5, 5.41) is 4.02. The molecule has 1 saturated heterocycles. The van der Waals surface area contributed by atoms with Gasteiger partial charge in [0.05, 0.1) is 13.2 Å². The Morgan fingerprint density at radius 3 is 2.95 bits per heavy atom. The average molecular weight is 311 g/mol. The molecule has 0 bridgehead atoms. The Bertz CT molecular complexity index is 473. The number of morpholine rings is 1. The first kappa shape index (κ1) is 16.3. The molecule has 5 heteroatoms. The van der Waals surface area contributed by atoms with Crippen LogP contribution in [-0.2, 0) is 16.1 Å². The second-order valence-electron chi connectivity index (χ2n) is 5.68. The molecule has 0 saturated carbocycles. The normalized spacial score (nSPS) is 18.8. The molecule has 2 rings (SSSR count). The zero-order valence-electron chi connectivity index (χ0n) is 12.6. The third-order valence-corrected chi connectivity index (χ3v) is 3.84. The van der Waals surface area contributed by atoms with E-state index in [0.717, 1.165) is 18.7 Å². The van der Waals surface area contributed by atoms with Gasteiger partial charge >= 0.3 is 0 Å². The first-order valence-electron chi connectivity index (χ1n) is 7.41. The monoisotopic (exact) mass is 310 g/mol. The zero-order valence-corrected chi connectivity index (χ0v) is 13.4. The number of rotatable bonds is 5. The molecule has 1 N–H and O–H groups in total. The van der Waals surface area contributed by atoms with Gasteiger partial charge in [-0.15, -0.1) is 0 Å². The van der Waals surface area contributed by atoms with Crippen LogP contribution < -0.4 is 5.32 Å². The molecule has 0 aliphatic carbocycles. The number of hydrogen-bond acceptors (Lipinski definition) is 3. The van der Waals surface area contributed by atoms with Gasteiger partial charge in [-0.1, -0.05) is 23.7 Å². The maximum atomic E-state index is 12.5. The number of halogens is 1. The van der Waals surface area contributed by atoms with Crippen molar-refractivity contribution in [2.75, 3.05) is 19.8 Å². The Hall–Kier alpha value is -1.10. The van der Waals surface area contributed by atoms with E-state index in [-0.39, 0.29) is 18.0 Å². The molecule has 1 aliphatic rings. The summed E-state index contributed by atoms with van der Waals surface area (Å²) >= 11 is 6.01. The summed E-state index contributed by atoms with van der Waals surface area (Å²) in [6.07, 6.45) is 0.471. The average Bonchev–Trinajstić information content (AvgIpc) is 2.45. The Kier molecular flexibility index (Phi) is 6.03. The van der Waals surface area contributed by atoms with Crippen LogP contribution in [0.25, 0.3) is 0 Å². The van der Waals surface area contributed by atoms with Gasteiger partial charge in [-0.2, -0.15) is 0 Å². The van der Waals surface area contributed by atoms with Crippen molar-refractivity contribution in [1.29, 1.82) is 0 Å². The van der Waals surface area contributed by atoms with Gasteiger partial charge in [-0.05, 0) is 31.5 Å². The van der Waals surface area contributed by atoms with Crippen molar-refractivity contribution in [2.24, 2.45) is 0 Å². The lowest BCUT2D eigenvalue weighted by atomic mass is 10.1. The van der Waals surface area contributed by atoms with Crippen LogP contribution in [0.4, 0.5) is 0 Å². The molecule has 1 aliphatic heterocycles. The van der Waals surface area contributed by atoms with Gasteiger partial charge in [0.25, 0.3) is 0 Å². The molecule has 1 unspecified atom stereocenters. The fourth-order valence-electron chi connectivity index (χ4n) is 2.47. The van der Waals surface area contributed by atoms with Crippen LogP contribution in [0.3, 0.4) is 0 Å². The van der Waals surface area contributed by atoms with Gasteiger partial charge in [-0.25, -0.2) is 0 Å². The van der Waals surface area contributed by atoms with E-state index in [4.69, 9.17) is 16.3 Å². The van der Waals surface area contributed by atoms with Gasteiger partial charge in [-0.3, -0.25) is 4.79 Å². The van der Waals surface area contributed by atoms with Gasteiger partial charge < -0.3 is 15.0 Å². The molecule has 1 aromatic rings. The van der Waals surface area contributed by atoms with E-state index >= 15 is 0 Å². The fourth-order valence-corrected chi connectivity index (χ4v) is 2.68. The molecule has 1 amide bonds. The molecule has 0 aromatic heterocycles. The predicted molar refractivity (Wildman–Crippen MR) is 84.4 cm³/mol. The van der Waals surface area contributed by atoms with Gasteiger partial charge in [0, 0.05) is 36.6 Å². The van der Waals surface area contributed by atoms with Crippen molar-refractivity contribution in [3.8, 4) is 0 Å². The van der Waals surface area contributed by atoms with Crippen LogP contribution in [0.5, 0.6) is 0 Å². The number of carbonyl (C=O) groups excluding carboxylic acids is 1. The maximum absolute atomic E-state index is 12.5. The summed E-state index contributed by atoms with van der Waals surface area (Å²) in [5.41, 5.74) is 1.05. The molecule has 1 heterocycles. The van der Waals surface area contributed by atoms with Crippen molar-refractivity contribution in [2.45, 2.75) is 38.9 Å².